The Morgan fingerprint density at radius 3 is 2.83 bits per heavy atom. The SMILES string of the molecule is CC(NC(=O)c1ccc(Cl)c(Br)c1)c1ccco1. The molecule has 94 valence electrons. The molecule has 1 amide bonds. The van der Waals surface area contributed by atoms with Gasteiger partial charge in [0.2, 0.25) is 0 Å². The van der Waals surface area contributed by atoms with E-state index in [0.29, 0.717) is 15.1 Å². The lowest BCUT2D eigenvalue weighted by atomic mass is 10.2. The van der Waals surface area contributed by atoms with Crippen LogP contribution in [-0.4, -0.2) is 5.91 Å². The van der Waals surface area contributed by atoms with E-state index < -0.39 is 0 Å². The molecule has 0 bridgehead atoms. The van der Waals surface area contributed by atoms with Gasteiger partial charge < -0.3 is 9.73 Å². The van der Waals surface area contributed by atoms with Crippen LogP contribution in [-0.2, 0) is 0 Å². The molecule has 1 atom stereocenters. The fourth-order valence-electron chi connectivity index (χ4n) is 1.53. The highest BCUT2D eigenvalue weighted by Gasteiger charge is 2.14. The van der Waals surface area contributed by atoms with Gasteiger partial charge in [-0.15, -0.1) is 0 Å². The number of hydrogen-bond acceptors (Lipinski definition) is 2. The van der Waals surface area contributed by atoms with Crippen LogP contribution in [0.2, 0.25) is 5.02 Å². The molecule has 0 radical (unpaired) electrons. The lowest BCUT2D eigenvalue weighted by Crippen LogP contribution is -2.26. The van der Waals surface area contributed by atoms with Crippen molar-refractivity contribution in [2.75, 3.05) is 0 Å². The van der Waals surface area contributed by atoms with Crippen LogP contribution in [0.4, 0.5) is 0 Å². The van der Waals surface area contributed by atoms with E-state index in [1.807, 2.05) is 13.0 Å². The van der Waals surface area contributed by atoms with Crippen LogP contribution in [0, 0.1) is 0 Å². The summed E-state index contributed by atoms with van der Waals surface area (Å²) in [6.07, 6.45) is 1.58. The average Bonchev–Trinajstić information content (AvgIpc) is 2.86. The lowest BCUT2D eigenvalue weighted by Gasteiger charge is -2.11. The maximum Gasteiger partial charge on any atom is 0.251 e. The van der Waals surface area contributed by atoms with Crippen molar-refractivity contribution in [1.29, 1.82) is 0 Å². The third kappa shape index (κ3) is 2.94. The molecule has 2 aromatic rings. The Balaban J connectivity index is 2.10. The van der Waals surface area contributed by atoms with Crippen molar-refractivity contribution >= 4 is 33.4 Å². The number of halogens is 2. The number of carbonyl (C=O) groups is 1. The number of furan rings is 1. The van der Waals surface area contributed by atoms with Gasteiger partial charge in [0.15, 0.2) is 0 Å². The number of amides is 1. The average molecular weight is 329 g/mol. The number of benzene rings is 1. The zero-order valence-corrected chi connectivity index (χ0v) is 12.0. The Labute approximate surface area is 118 Å². The van der Waals surface area contributed by atoms with Gasteiger partial charge in [-0.3, -0.25) is 4.79 Å². The van der Waals surface area contributed by atoms with Crippen molar-refractivity contribution in [3.63, 3.8) is 0 Å². The summed E-state index contributed by atoms with van der Waals surface area (Å²) in [5.74, 6) is 0.549. The molecule has 5 heteroatoms. The second-order valence-corrected chi connectivity index (χ2v) is 5.10. The van der Waals surface area contributed by atoms with Gasteiger partial charge in [-0.25, -0.2) is 0 Å². The molecule has 1 aromatic carbocycles. The summed E-state index contributed by atoms with van der Waals surface area (Å²) in [6, 6.07) is 8.48. The molecule has 18 heavy (non-hydrogen) atoms. The van der Waals surface area contributed by atoms with E-state index in [2.05, 4.69) is 21.2 Å². The Hall–Kier alpha value is -1.26. The molecule has 1 unspecified atom stereocenters. The van der Waals surface area contributed by atoms with Crippen LogP contribution in [0.25, 0.3) is 0 Å². The molecule has 2 rings (SSSR count). The molecular weight excluding hydrogens is 318 g/mol. The summed E-state index contributed by atoms with van der Waals surface area (Å²) in [4.78, 5) is 12.0. The molecule has 1 heterocycles. The zero-order valence-electron chi connectivity index (χ0n) is 9.61. The predicted octanol–water partition coefficient (Wildman–Crippen LogP) is 4.19. The van der Waals surface area contributed by atoms with Gasteiger partial charge in [0.25, 0.3) is 5.91 Å². The first kappa shape index (κ1) is 13.2. The fourth-order valence-corrected chi connectivity index (χ4v) is 2.02. The van der Waals surface area contributed by atoms with Crippen LogP contribution in [0.1, 0.15) is 29.1 Å². The minimum Gasteiger partial charge on any atom is -0.467 e. The molecule has 0 aliphatic rings. The minimum absolute atomic E-state index is 0.170. The number of hydrogen-bond donors (Lipinski definition) is 1. The monoisotopic (exact) mass is 327 g/mol. The van der Waals surface area contributed by atoms with Crippen molar-refractivity contribution in [1.82, 2.24) is 5.32 Å². The van der Waals surface area contributed by atoms with Crippen molar-refractivity contribution < 1.29 is 9.21 Å². The maximum atomic E-state index is 12.0. The van der Waals surface area contributed by atoms with Crippen LogP contribution >= 0.6 is 27.5 Å². The molecule has 0 saturated carbocycles. The van der Waals surface area contributed by atoms with E-state index >= 15 is 0 Å². The number of rotatable bonds is 3. The van der Waals surface area contributed by atoms with Gasteiger partial charge >= 0.3 is 0 Å². The van der Waals surface area contributed by atoms with Gasteiger partial charge in [-0.2, -0.15) is 0 Å². The summed E-state index contributed by atoms with van der Waals surface area (Å²) < 4.78 is 5.93. The van der Waals surface area contributed by atoms with Crippen LogP contribution in [0.15, 0.2) is 45.5 Å². The maximum absolute atomic E-state index is 12.0. The van der Waals surface area contributed by atoms with Gasteiger partial charge in [-0.1, -0.05) is 11.6 Å². The van der Waals surface area contributed by atoms with E-state index in [1.54, 1.807) is 30.5 Å². The Morgan fingerprint density at radius 2 is 2.22 bits per heavy atom. The zero-order chi connectivity index (χ0) is 13.1. The highest BCUT2D eigenvalue weighted by Crippen LogP contribution is 2.23. The molecule has 0 fully saturated rings. The topological polar surface area (TPSA) is 42.2 Å². The quantitative estimate of drug-likeness (QED) is 0.918. The summed E-state index contributed by atoms with van der Waals surface area (Å²) >= 11 is 9.17. The van der Waals surface area contributed by atoms with E-state index in [9.17, 15) is 4.79 Å². The van der Waals surface area contributed by atoms with Crippen molar-refractivity contribution in [3.05, 3.63) is 57.4 Å². The Kier molecular flexibility index (Phi) is 4.09. The van der Waals surface area contributed by atoms with Gasteiger partial charge in [0.1, 0.15) is 5.76 Å². The molecule has 0 spiro atoms. The smallest absolute Gasteiger partial charge is 0.251 e. The minimum atomic E-state index is -0.179. The highest BCUT2D eigenvalue weighted by molar-refractivity contribution is 9.10. The number of nitrogens with one attached hydrogen (secondary N) is 1. The molecule has 0 aliphatic heterocycles. The summed E-state index contributed by atoms with van der Waals surface area (Å²) in [7, 11) is 0. The standard InChI is InChI=1S/C13H11BrClNO2/c1-8(12-3-2-6-18-12)16-13(17)9-4-5-11(15)10(14)7-9/h2-8H,1H3,(H,16,17). The first-order valence-corrected chi connectivity index (χ1v) is 6.54. The molecule has 1 N–H and O–H groups in total. The Morgan fingerprint density at radius 1 is 1.44 bits per heavy atom. The van der Waals surface area contributed by atoms with E-state index in [4.69, 9.17) is 16.0 Å². The Bertz CT molecular complexity index is 554. The van der Waals surface area contributed by atoms with Gasteiger partial charge in [0, 0.05) is 10.0 Å². The lowest BCUT2D eigenvalue weighted by molar-refractivity contribution is 0.0935. The van der Waals surface area contributed by atoms with Crippen molar-refractivity contribution in [2.45, 2.75) is 13.0 Å². The third-order valence-corrected chi connectivity index (χ3v) is 3.71. The fraction of sp³-hybridized carbons (Fsp3) is 0.154. The van der Waals surface area contributed by atoms with E-state index in [1.165, 1.54) is 0 Å². The largest absolute Gasteiger partial charge is 0.467 e. The molecule has 0 saturated heterocycles. The van der Waals surface area contributed by atoms with Gasteiger partial charge in [0.05, 0.1) is 17.3 Å². The second kappa shape index (κ2) is 5.59. The molecular formula is C13H11BrClNO2. The molecule has 1 aromatic heterocycles. The van der Waals surface area contributed by atoms with E-state index in [-0.39, 0.29) is 11.9 Å². The first-order valence-electron chi connectivity index (χ1n) is 5.37. The van der Waals surface area contributed by atoms with E-state index in [0.717, 1.165) is 5.76 Å². The second-order valence-electron chi connectivity index (χ2n) is 3.84. The van der Waals surface area contributed by atoms with Crippen LogP contribution < -0.4 is 5.32 Å². The van der Waals surface area contributed by atoms with Crippen LogP contribution in [0.3, 0.4) is 0 Å². The molecule has 3 nitrogen and oxygen atoms in total. The van der Waals surface area contributed by atoms with Gasteiger partial charge in [-0.05, 0) is 53.2 Å². The van der Waals surface area contributed by atoms with Crippen molar-refractivity contribution in [3.8, 4) is 0 Å². The third-order valence-electron chi connectivity index (χ3n) is 2.50. The summed E-state index contributed by atoms with van der Waals surface area (Å²) in [5.41, 5.74) is 0.546. The normalized spacial score (nSPS) is 12.2. The first-order chi connectivity index (χ1) is 8.58. The highest BCUT2D eigenvalue weighted by atomic mass is 79.9. The predicted molar refractivity (Wildman–Crippen MR) is 73.7 cm³/mol. The molecule has 0 aliphatic carbocycles. The number of carbonyl (C=O) groups excluding carboxylic acids is 1. The summed E-state index contributed by atoms with van der Waals surface area (Å²) in [5, 5.41) is 3.42. The van der Waals surface area contributed by atoms with Crippen molar-refractivity contribution in [2.24, 2.45) is 0 Å². The summed E-state index contributed by atoms with van der Waals surface area (Å²) in [6.45, 7) is 1.86. The van der Waals surface area contributed by atoms with Crippen LogP contribution in [0.5, 0.6) is 0 Å².